The number of para-hydroxylation sites is 1. The normalized spacial score (nSPS) is 11.1. The zero-order chi connectivity index (χ0) is 19.7. The summed E-state index contributed by atoms with van der Waals surface area (Å²) in [4.78, 5) is 8.10. The molecule has 2 aromatic carbocycles. The van der Waals surface area contributed by atoms with E-state index >= 15 is 0 Å². The highest BCUT2D eigenvalue weighted by Crippen LogP contribution is 2.29. The molecule has 28 heavy (non-hydrogen) atoms. The van der Waals surface area contributed by atoms with E-state index in [-0.39, 0.29) is 17.9 Å². The quantitative estimate of drug-likeness (QED) is 0.569. The molecular formula is C20H17F2N5O. The van der Waals surface area contributed by atoms with E-state index in [9.17, 15) is 8.78 Å². The van der Waals surface area contributed by atoms with E-state index in [2.05, 4.69) is 15.1 Å². The Bertz CT molecular complexity index is 1140. The van der Waals surface area contributed by atoms with Gasteiger partial charge in [-0.2, -0.15) is 5.10 Å². The van der Waals surface area contributed by atoms with Gasteiger partial charge in [0.25, 0.3) is 0 Å². The minimum absolute atomic E-state index is 0.0782. The van der Waals surface area contributed by atoms with Crippen molar-refractivity contribution in [3.05, 3.63) is 66.0 Å². The summed E-state index contributed by atoms with van der Waals surface area (Å²) in [5.74, 6) is -0.900. The highest BCUT2D eigenvalue weighted by atomic mass is 19.1. The number of fused-ring (bicyclic) bond motifs is 1. The van der Waals surface area contributed by atoms with Gasteiger partial charge in [-0.1, -0.05) is 18.2 Å². The third-order valence-corrected chi connectivity index (χ3v) is 4.32. The van der Waals surface area contributed by atoms with E-state index < -0.39 is 11.6 Å². The second-order valence-electron chi connectivity index (χ2n) is 6.15. The highest BCUT2D eigenvalue weighted by Gasteiger charge is 2.18. The molecule has 4 aromatic rings. The van der Waals surface area contributed by atoms with E-state index in [4.69, 9.17) is 10.5 Å². The number of aromatic nitrogens is 4. The molecule has 142 valence electrons. The van der Waals surface area contributed by atoms with Gasteiger partial charge < -0.3 is 10.5 Å². The number of nitrogens with zero attached hydrogens (tertiary/aromatic N) is 4. The largest absolute Gasteiger partial charge is 0.494 e. The topological polar surface area (TPSA) is 78.9 Å². The molecule has 4 rings (SSSR count). The summed E-state index contributed by atoms with van der Waals surface area (Å²) in [6.45, 7) is 2.00. The molecule has 0 unspecified atom stereocenters. The molecule has 2 heterocycles. The maximum absolute atomic E-state index is 14.5. The summed E-state index contributed by atoms with van der Waals surface area (Å²) < 4.78 is 35.7. The number of ether oxygens (including phenoxy) is 1. The summed E-state index contributed by atoms with van der Waals surface area (Å²) >= 11 is 0. The van der Waals surface area contributed by atoms with Crippen LogP contribution in [0.2, 0.25) is 0 Å². The molecule has 0 saturated heterocycles. The minimum Gasteiger partial charge on any atom is -0.494 e. The zero-order valence-corrected chi connectivity index (χ0v) is 15.1. The van der Waals surface area contributed by atoms with Crippen LogP contribution in [0.3, 0.4) is 0 Å². The number of anilines is 1. The monoisotopic (exact) mass is 381 g/mol. The summed E-state index contributed by atoms with van der Waals surface area (Å²) in [6, 6.07) is 11.4. The third-order valence-electron chi connectivity index (χ3n) is 4.32. The summed E-state index contributed by atoms with van der Waals surface area (Å²) in [5, 5.41) is 5.34. The molecule has 0 aliphatic rings. The van der Waals surface area contributed by atoms with E-state index in [1.807, 2.05) is 24.3 Å². The highest BCUT2D eigenvalue weighted by molar-refractivity contribution is 5.92. The number of nitrogen functional groups attached to an aromatic ring is 1. The van der Waals surface area contributed by atoms with Crippen molar-refractivity contribution in [1.82, 2.24) is 19.7 Å². The fraction of sp³-hybridized carbons (Fsp3) is 0.150. The number of benzene rings is 2. The van der Waals surface area contributed by atoms with Crippen LogP contribution in [-0.4, -0.2) is 26.4 Å². The van der Waals surface area contributed by atoms with Gasteiger partial charge in [0.15, 0.2) is 0 Å². The molecule has 0 bridgehead atoms. The van der Waals surface area contributed by atoms with Crippen molar-refractivity contribution in [3.63, 3.8) is 0 Å². The number of hydrogen-bond donors (Lipinski definition) is 1. The minimum atomic E-state index is -0.684. The Morgan fingerprint density at radius 1 is 1.07 bits per heavy atom. The van der Waals surface area contributed by atoms with Gasteiger partial charge in [0.1, 0.15) is 35.2 Å². The van der Waals surface area contributed by atoms with Crippen LogP contribution in [0.5, 0.6) is 5.75 Å². The molecule has 0 aliphatic heterocycles. The fourth-order valence-corrected chi connectivity index (χ4v) is 3.07. The van der Waals surface area contributed by atoms with Crippen molar-refractivity contribution < 1.29 is 13.5 Å². The standard InChI is InChI=1S/C20H17F2N5O/c1-2-28-12-7-15(21)14(16(22)8-12)10-27-18-6-4-3-5-13(18)20(26-27)17-9-19(23)25-11-24-17/h3-9,11H,2,10H2,1H3,(H2,23,24,25). The van der Waals surface area contributed by atoms with E-state index in [0.717, 1.165) is 10.9 Å². The van der Waals surface area contributed by atoms with Gasteiger partial charge >= 0.3 is 0 Å². The first-order valence-electron chi connectivity index (χ1n) is 8.71. The third kappa shape index (κ3) is 3.24. The van der Waals surface area contributed by atoms with Gasteiger partial charge in [-0.15, -0.1) is 0 Å². The molecule has 0 atom stereocenters. The number of halogens is 2. The Labute approximate surface area is 159 Å². The Hall–Kier alpha value is -3.55. The maximum atomic E-state index is 14.5. The molecule has 0 saturated carbocycles. The lowest BCUT2D eigenvalue weighted by atomic mass is 10.1. The van der Waals surface area contributed by atoms with Crippen molar-refractivity contribution in [2.45, 2.75) is 13.5 Å². The van der Waals surface area contributed by atoms with Crippen LogP contribution in [0.15, 0.2) is 48.8 Å². The van der Waals surface area contributed by atoms with E-state index in [1.165, 1.54) is 18.5 Å². The van der Waals surface area contributed by atoms with E-state index in [1.54, 1.807) is 17.7 Å². The zero-order valence-electron chi connectivity index (χ0n) is 15.1. The summed E-state index contributed by atoms with van der Waals surface area (Å²) in [6.07, 6.45) is 1.35. The molecule has 0 amide bonds. The average Bonchev–Trinajstić information content (AvgIpc) is 3.04. The maximum Gasteiger partial charge on any atom is 0.134 e. The lowest BCUT2D eigenvalue weighted by Crippen LogP contribution is -2.07. The van der Waals surface area contributed by atoms with Gasteiger partial charge in [0, 0.05) is 29.1 Å². The Morgan fingerprint density at radius 2 is 1.82 bits per heavy atom. The number of hydrogen-bond acceptors (Lipinski definition) is 5. The van der Waals surface area contributed by atoms with Gasteiger partial charge in [0.2, 0.25) is 0 Å². The first kappa shape index (κ1) is 17.8. The van der Waals surface area contributed by atoms with Gasteiger partial charge in [0.05, 0.1) is 24.4 Å². The molecule has 2 aromatic heterocycles. The van der Waals surface area contributed by atoms with Crippen LogP contribution in [0.1, 0.15) is 12.5 Å². The molecule has 0 radical (unpaired) electrons. The number of rotatable bonds is 5. The number of nitrogens with two attached hydrogens (primary N) is 1. The SMILES string of the molecule is CCOc1cc(F)c(Cn2nc(-c3cc(N)ncn3)c3ccccc32)c(F)c1. The van der Waals surface area contributed by atoms with Crippen molar-refractivity contribution in [2.75, 3.05) is 12.3 Å². The van der Waals surface area contributed by atoms with Crippen LogP contribution < -0.4 is 10.5 Å². The van der Waals surface area contributed by atoms with Crippen LogP contribution in [0.25, 0.3) is 22.3 Å². The average molecular weight is 381 g/mol. The molecular weight excluding hydrogens is 364 g/mol. The van der Waals surface area contributed by atoms with Gasteiger partial charge in [-0.3, -0.25) is 4.68 Å². The van der Waals surface area contributed by atoms with Crippen LogP contribution in [0.4, 0.5) is 14.6 Å². The Morgan fingerprint density at radius 3 is 2.54 bits per heavy atom. The van der Waals surface area contributed by atoms with Crippen molar-refractivity contribution in [2.24, 2.45) is 0 Å². The smallest absolute Gasteiger partial charge is 0.134 e. The second-order valence-corrected chi connectivity index (χ2v) is 6.15. The molecule has 0 fully saturated rings. The Balaban J connectivity index is 1.81. The molecule has 0 spiro atoms. The fourth-order valence-electron chi connectivity index (χ4n) is 3.07. The van der Waals surface area contributed by atoms with Crippen molar-refractivity contribution in [1.29, 1.82) is 0 Å². The predicted octanol–water partition coefficient (Wildman–Crippen LogP) is 3.80. The van der Waals surface area contributed by atoms with Crippen molar-refractivity contribution >= 4 is 16.7 Å². The van der Waals surface area contributed by atoms with Crippen LogP contribution >= 0.6 is 0 Å². The van der Waals surface area contributed by atoms with Crippen molar-refractivity contribution in [3.8, 4) is 17.1 Å². The lowest BCUT2D eigenvalue weighted by molar-refractivity contribution is 0.335. The molecule has 0 aliphatic carbocycles. The van der Waals surface area contributed by atoms with Gasteiger partial charge in [-0.25, -0.2) is 18.7 Å². The molecule has 8 heteroatoms. The first-order chi connectivity index (χ1) is 13.6. The van der Waals surface area contributed by atoms with E-state index in [0.29, 0.717) is 23.8 Å². The molecule has 6 nitrogen and oxygen atoms in total. The Kier molecular flexibility index (Phi) is 4.60. The summed E-state index contributed by atoms with van der Waals surface area (Å²) in [5.41, 5.74) is 7.49. The second kappa shape index (κ2) is 7.22. The van der Waals surface area contributed by atoms with Crippen LogP contribution in [-0.2, 0) is 6.54 Å². The van der Waals surface area contributed by atoms with Gasteiger partial charge in [-0.05, 0) is 13.0 Å². The molecule has 2 N–H and O–H groups in total. The first-order valence-corrected chi connectivity index (χ1v) is 8.71. The van der Waals surface area contributed by atoms with Crippen LogP contribution in [0, 0.1) is 11.6 Å². The lowest BCUT2D eigenvalue weighted by Gasteiger charge is -2.09. The predicted molar refractivity (Wildman–Crippen MR) is 102 cm³/mol. The summed E-state index contributed by atoms with van der Waals surface area (Å²) in [7, 11) is 0.